The van der Waals surface area contributed by atoms with Gasteiger partial charge in [0, 0.05) is 18.8 Å². The molecule has 0 saturated heterocycles. The molecule has 168 valence electrons. The molecule has 1 atom stereocenters. The summed E-state index contributed by atoms with van der Waals surface area (Å²) in [4.78, 5) is 27.4. The van der Waals surface area contributed by atoms with Crippen LogP contribution >= 0.6 is 11.8 Å². The number of methoxy groups -OCH3 is 1. The molecule has 2 aromatic rings. The zero-order chi connectivity index (χ0) is 22.8. The summed E-state index contributed by atoms with van der Waals surface area (Å²) in [7, 11) is 1.62. The van der Waals surface area contributed by atoms with Gasteiger partial charge >= 0.3 is 0 Å². The third-order valence-corrected chi connectivity index (χ3v) is 5.97. The van der Waals surface area contributed by atoms with Crippen LogP contribution in [0, 0.1) is 12.8 Å². The summed E-state index contributed by atoms with van der Waals surface area (Å²) in [5.41, 5.74) is 3.37. The van der Waals surface area contributed by atoms with Gasteiger partial charge in [0.15, 0.2) is 0 Å². The minimum atomic E-state index is -0.548. The van der Waals surface area contributed by atoms with Crippen LogP contribution in [0.5, 0.6) is 5.75 Å². The van der Waals surface area contributed by atoms with E-state index in [4.69, 9.17) is 4.74 Å². The van der Waals surface area contributed by atoms with Crippen LogP contribution in [0.2, 0.25) is 0 Å². The van der Waals surface area contributed by atoms with E-state index in [0.29, 0.717) is 24.8 Å². The van der Waals surface area contributed by atoms with Gasteiger partial charge in [-0.3, -0.25) is 9.59 Å². The molecule has 0 aliphatic heterocycles. The van der Waals surface area contributed by atoms with Crippen molar-refractivity contribution in [1.82, 2.24) is 10.2 Å². The molecule has 0 aliphatic rings. The van der Waals surface area contributed by atoms with Crippen molar-refractivity contribution in [3.63, 3.8) is 0 Å². The first-order valence-electron chi connectivity index (χ1n) is 10.6. The SMILES string of the molecule is COc1ccc(CN(C(=O)CSCc2ccc(C)cc2)[C@@H](C)C(=O)NCC(C)C)cc1. The second-order valence-electron chi connectivity index (χ2n) is 8.16. The third kappa shape index (κ3) is 8.29. The Morgan fingerprint density at radius 3 is 2.19 bits per heavy atom. The number of carbonyl (C=O) groups excluding carboxylic acids is 2. The van der Waals surface area contributed by atoms with E-state index in [9.17, 15) is 9.59 Å². The molecule has 5 nitrogen and oxygen atoms in total. The number of benzene rings is 2. The highest BCUT2D eigenvalue weighted by Crippen LogP contribution is 2.18. The maximum Gasteiger partial charge on any atom is 0.242 e. The van der Waals surface area contributed by atoms with Crippen molar-refractivity contribution in [2.45, 2.75) is 46.0 Å². The molecule has 0 bridgehead atoms. The fraction of sp³-hybridized carbons (Fsp3) is 0.440. The molecule has 6 heteroatoms. The van der Waals surface area contributed by atoms with E-state index < -0.39 is 6.04 Å². The largest absolute Gasteiger partial charge is 0.497 e. The van der Waals surface area contributed by atoms with E-state index in [1.807, 2.05) is 38.1 Å². The van der Waals surface area contributed by atoms with Gasteiger partial charge in [0.25, 0.3) is 0 Å². The molecule has 0 fully saturated rings. The summed E-state index contributed by atoms with van der Waals surface area (Å²) in [6.07, 6.45) is 0. The van der Waals surface area contributed by atoms with Gasteiger partial charge < -0.3 is 15.0 Å². The lowest BCUT2D eigenvalue weighted by Crippen LogP contribution is -2.48. The van der Waals surface area contributed by atoms with Gasteiger partial charge in [-0.15, -0.1) is 11.8 Å². The van der Waals surface area contributed by atoms with Gasteiger partial charge in [-0.2, -0.15) is 0 Å². The Balaban J connectivity index is 2.05. The van der Waals surface area contributed by atoms with Crippen LogP contribution < -0.4 is 10.1 Å². The highest BCUT2D eigenvalue weighted by molar-refractivity contribution is 7.99. The van der Waals surface area contributed by atoms with E-state index in [-0.39, 0.29) is 11.8 Å². The summed E-state index contributed by atoms with van der Waals surface area (Å²) < 4.78 is 5.22. The standard InChI is InChI=1S/C25H34N2O3S/c1-18(2)14-26-25(29)20(4)27(15-21-10-12-23(30-5)13-11-21)24(28)17-31-16-22-8-6-19(3)7-9-22/h6-13,18,20H,14-17H2,1-5H3,(H,26,29)/t20-/m0/s1. The van der Waals surface area contributed by atoms with E-state index in [2.05, 4.69) is 36.5 Å². The number of ether oxygens (including phenoxy) is 1. The predicted octanol–water partition coefficient (Wildman–Crippen LogP) is 4.43. The Bertz CT molecular complexity index is 835. The Kier molecular flexibility index (Phi) is 9.92. The highest BCUT2D eigenvalue weighted by atomic mass is 32.2. The lowest BCUT2D eigenvalue weighted by Gasteiger charge is -2.29. The van der Waals surface area contributed by atoms with Crippen LogP contribution in [0.25, 0.3) is 0 Å². The number of nitrogens with zero attached hydrogens (tertiary/aromatic N) is 1. The monoisotopic (exact) mass is 442 g/mol. The summed E-state index contributed by atoms with van der Waals surface area (Å²) >= 11 is 1.57. The molecular formula is C25H34N2O3S. The van der Waals surface area contributed by atoms with Gasteiger partial charge in [-0.1, -0.05) is 55.8 Å². The number of aryl methyl sites for hydroxylation is 1. The molecule has 0 aromatic heterocycles. The molecule has 0 unspecified atom stereocenters. The Morgan fingerprint density at radius 1 is 1.00 bits per heavy atom. The summed E-state index contributed by atoms with van der Waals surface area (Å²) in [6, 6.07) is 15.4. The number of rotatable bonds is 11. The zero-order valence-corrected chi connectivity index (χ0v) is 20.0. The van der Waals surface area contributed by atoms with Crippen LogP contribution in [0.15, 0.2) is 48.5 Å². The molecule has 0 spiro atoms. The van der Waals surface area contributed by atoms with E-state index >= 15 is 0 Å². The van der Waals surface area contributed by atoms with Gasteiger partial charge in [0.2, 0.25) is 11.8 Å². The fourth-order valence-corrected chi connectivity index (χ4v) is 3.86. The van der Waals surface area contributed by atoms with Crippen molar-refractivity contribution in [2.75, 3.05) is 19.4 Å². The van der Waals surface area contributed by atoms with Crippen LogP contribution in [0.4, 0.5) is 0 Å². The number of carbonyl (C=O) groups is 2. The molecule has 31 heavy (non-hydrogen) atoms. The number of hydrogen-bond donors (Lipinski definition) is 1. The quantitative estimate of drug-likeness (QED) is 0.559. The molecule has 0 heterocycles. The summed E-state index contributed by atoms with van der Waals surface area (Å²) in [5.74, 6) is 2.03. The number of nitrogens with one attached hydrogen (secondary N) is 1. The van der Waals surface area contributed by atoms with Crippen LogP contribution in [0.3, 0.4) is 0 Å². The topological polar surface area (TPSA) is 58.6 Å². The van der Waals surface area contributed by atoms with Crippen molar-refractivity contribution in [3.8, 4) is 5.75 Å². The maximum absolute atomic E-state index is 13.1. The second kappa shape index (κ2) is 12.4. The highest BCUT2D eigenvalue weighted by Gasteiger charge is 2.26. The maximum atomic E-state index is 13.1. The van der Waals surface area contributed by atoms with Crippen molar-refractivity contribution in [1.29, 1.82) is 0 Å². The zero-order valence-electron chi connectivity index (χ0n) is 19.2. The average molecular weight is 443 g/mol. The van der Waals surface area contributed by atoms with Crippen molar-refractivity contribution >= 4 is 23.6 Å². The molecular weight excluding hydrogens is 408 g/mol. The van der Waals surface area contributed by atoms with Gasteiger partial charge in [-0.05, 0) is 43.0 Å². The molecule has 2 aromatic carbocycles. The summed E-state index contributed by atoms with van der Waals surface area (Å²) in [6.45, 7) is 8.92. The van der Waals surface area contributed by atoms with Gasteiger partial charge in [0.1, 0.15) is 11.8 Å². The predicted molar refractivity (Wildman–Crippen MR) is 128 cm³/mol. The van der Waals surface area contributed by atoms with Crippen molar-refractivity contribution in [3.05, 3.63) is 65.2 Å². The van der Waals surface area contributed by atoms with Crippen molar-refractivity contribution in [2.24, 2.45) is 5.92 Å². The second-order valence-corrected chi connectivity index (χ2v) is 9.15. The molecule has 0 radical (unpaired) electrons. The number of thioether (sulfide) groups is 1. The average Bonchev–Trinajstić information content (AvgIpc) is 2.77. The molecule has 0 saturated carbocycles. The first-order valence-corrected chi connectivity index (χ1v) is 11.8. The lowest BCUT2D eigenvalue weighted by atomic mass is 10.1. The van der Waals surface area contributed by atoms with Crippen molar-refractivity contribution < 1.29 is 14.3 Å². The van der Waals surface area contributed by atoms with Crippen LogP contribution in [0.1, 0.15) is 37.5 Å². The van der Waals surface area contributed by atoms with Crippen LogP contribution in [-0.4, -0.2) is 42.2 Å². The number of amides is 2. The minimum absolute atomic E-state index is 0.0415. The van der Waals surface area contributed by atoms with Gasteiger partial charge in [-0.25, -0.2) is 0 Å². The van der Waals surface area contributed by atoms with E-state index in [1.165, 1.54) is 11.1 Å². The Hall–Kier alpha value is -2.47. The van der Waals surface area contributed by atoms with E-state index in [1.54, 1.807) is 30.7 Å². The van der Waals surface area contributed by atoms with E-state index in [0.717, 1.165) is 17.1 Å². The van der Waals surface area contributed by atoms with Gasteiger partial charge in [0.05, 0.1) is 12.9 Å². The third-order valence-electron chi connectivity index (χ3n) is 4.98. The van der Waals surface area contributed by atoms with Crippen LogP contribution in [-0.2, 0) is 21.9 Å². The minimum Gasteiger partial charge on any atom is -0.497 e. The lowest BCUT2D eigenvalue weighted by molar-refractivity contribution is -0.138. The summed E-state index contributed by atoms with van der Waals surface area (Å²) in [5, 5.41) is 2.95. The Labute approximate surface area is 190 Å². The first-order chi connectivity index (χ1) is 14.8. The fourth-order valence-electron chi connectivity index (χ4n) is 2.99. The smallest absolute Gasteiger partial charge is 0.242 e. The molecule has 1 N–H and O–H groups in total. The molecule has 2 rings (SSSR count). The number of hydrogen-bond acceptors (Lipinski definition) is 4. The molecule has 0 aliphatic carbocycles. The molecule has 2 amide bonds. The Morgan fingerprint density at radius 2 is 1.61 bits per heavy atom. The first kappa shape index (κ1) is 24.8. The normalized spacial score (nSPS) is 11.8.